The number of nitrogens with one attached hydrogen (secondary N) is 1. The van der Waals surface area contributed by atoms with Gasteiger partial charge in [-0.15, -0.1) is 0 Å². The fourth-order valence-electron chi connectivity index (χ4n) is 1.92. The molecule has 5 nitrogen and oxygen atoms in total. The molecule has 0 unspecified atom stereocenters. The van der Waals surface area contributed by atoms with Gasteiger partial charge in [-0.2, -0.15) is 5.10 Å². The first kappa shape index (κ1) is 13.5. The van der Waals surface area contributed by atoms with Crippen LogP contribution >= 0.6 is 0 Å². The quantitative estimate of drug-likeness (QED) is 0.895. The van der Waals surface area contributed by atoms with Gasteiger partial charge in [-0.25, -0.2) is 9.97 Å². The Kier molecular flexibility index (Phi) is 4.14. The van der Waals surface area contributed by atoms with Gasteiger partial charge in [-0.1, -0.05) is 13.8 Å². The minimum atomic E-state index is 0.416. The van der Waals surface area contributed by atoms with Crippen molar-refractivity contribution in [1.29, 1.82) is 0 Å². The molecule has 0 radical (unpaired) electrons. The molecule has 0 aliphatic carbocycles. The van der Waals surface area contributed by atoms with Crippen molar-refractivity contribution in [2.75, 3.05) is 11.9 Å². The molecule has 0 fully saturated rings. The third kappa shape index (κ3) is 3.53. The maximum Gasteiger partial charge on any atom is 0.223 e. The van der Waals surface area contributed by atoms with Crippen LogP contribution in [0.5, 0.6) is 0 Å². The van der Waals surface area contributed by atoms with E-state index in [9.17, 15) is 0 Å². The van der Waals surface area contributed by atoms with Crippen molar-refractivity contribution in [2.45, 2.75) is 33.1 Å². The highest BCUT2D eigenvalue weighted by atomic mass is 15.3. The van der Waals surface area contributed by atoms with Gasteiger partial charge in [0.1, 0.15) is 0 Å². The van der Waals surface area contributed by atoms with Crippen molar-refractivity contribution < 1.29 is 0 Å². The average Bonchev–Trinajstić information content (AvgIpc) is 2.74. The SMILES string of the molecule is Cc1cc(C(C)C)nc(NCCc2ccnn2C)n1. The minimum Gasteiger partial charge on any atom is -0.354 e. The smallest absolute Gasteiger partial charge is 0.223 e. The molecule has 0 aromatic carbocycles. The van der Waals surface area contributed by atoms with Crippen molar-refractivity contribution >= 4 is 5.95 Å². The first-order valence-corrected chi connectivity index (χ1v) is 6.62. The van der Waals surface area contributed by atoms with Crippen LogP contribution in [0.3, 0.4) is 0 Å². The Morgan fingerprint density at radius 1 is 1.32 bits per heavy atom. The van der Waals surface area contributed by atoms with E-state index in [1.165, 1.54) is 5.69 Å². The summed E-state index contributed by atoms with van der Waals surface area (Å²) in [6.07, 6.45) is 2.72. The molecule has 1 N–H and O–H groups in total. The van der Waals surface area contributed by atoms with E-state index in [2.05, 4.69) is 34.2 Å². The molecule has 5 heteroatoms. The molecule has 0 aliphatic rings. The summed E-state index contributed by atoms with van der Waals surface area (Å²) in [5, 5.41) is 7.43. The van der Waals surface area contributed by atoms with E-state index < -0.39 is 0 Å². The largest absolute Gasteiger partial charge is 0.354 e. The zero-order valence-corrected chi connectivity index (χ0v) is 12.0. The molecule has 2 rings (SSSR count). The predicted octanol–water partition coefficient (Wildman–Crippen LogP) is 2.30. The van der Waals surface area contributed by atoms with E-state index in [4.69, 9.17) is 0 Å². The molecule has 0 bridgehead atoms. The summed E-state index contributed by atoms with van der Waals surface area (Å²) in [6.45, 7) is 7.09. The molecule has 2 aromatic heterocycles. The second kappa shape index (κ2) is 5.82. The third-order valence-electron chi connectivity index (χ3n) is 3.05. The number of hydrogen-bond donors (Lipinski definition) is 1. The maximum absolute atomic E-state index is 4.53. The second-order valence-corrected chi connectivity index (χ2v) is 5.04. The number of aryl methyl sites for hydroxylation is 2. The molecule has 0 spiro atoms. The Labute approximate surface area is 114 Å². The van der Waals surface area contributed by atoms with Crippen LogP contribution in [-0.4, -0.2) is 26.3 Å². The number of rotatable bonds is 5. The van der Waals surface area contributed by atoms with Gasteiger partial charge >= 0.3 is 0 Å². The number of hydrogen-bond acceptors (Lipinski definition) is 4. The number of anilines is 1. The molecule has 0 saturated carbocycles. The van der Waals surface area contributed by atoms with Gasteiger partial charge in [0.05, 0.1) is 0 Å². The molecule has 2 heterocycles. The Morgan fingerprint density at radius 2 is 2.11 bits per heavy atom. The van der Waals surface area contributed by atoms with E-state index in [-0.39, 0.29) is 0 Å². The summed E-state index contributed by atoms with van der Waals surface area (Å²) in [5.74, 6) is 1.13. The monoisotopic (exact) mass is 259 g/mol. The summed E-state index contributed by atoms with van der Waals surface area (Å²) >= 11 is 0. The van der Waals surface area contributed by atoms with E-state index in [1.807, 2.05) is 37.0 Å². The van der Waals surface area contributed by atoms with Gasteiger partial charge < -0.3 is 5.32 Å². The Hall–Kier alpha value is -1.91. The van der Waals surface area contributed by atoms with Gasteiger partial charge in [-0.3, -0.25) is 4.68 Å². The lowest BCUT2D eigenvalue weighted by Gasteiger charge is -2.10. The summed E-state index contributed by atoms with van der Waals surface area (Å²) in [5.41, 5.74) is 3.28. The third-order valence-corrected chi connectivity index (χ3v) is 3.05. The topological polar surface area (TPSA) is 55.6 Å². The van der Waals surface area contributed by atoms with E-state index in [0.717, 1.165) is 24.4 Å². The summed E-state index contributed by atoms with van der Waals surface area (Å²) in [6, 6.07) is 4.06. The highest BCUT2D eigenvalue weighted by Gasteiger charge is 2.06. The molecular weight excluding hydrogens is 238 g/mol. The molecule has 0 saturated heterocycles. The van der Waals surface area contributed by atoms with Gasteiger partial charge in [0.15, 0.2) is 0 Å². The van der Waals surface area contributed by atoms with Crippen LogP contribution in [0, 0.1) is 6.92 Å². The molecule has 0 amide bonds. The van der Waals surface area contributed by atoms with Crippen LogP contribution in [0.1, 0.15) is 36.8 Å². The zero-order chi connectivity index (χ0) is 13.8. The standard InChI is InChI=1S/C14H21N5/c1-10(2)13-9-11(3)17-14(18-13)15-7-5-12-6-8-16-19(12)4/h6,8-10H,5,7H2,1-4H3,(H,15,17,18). The van der Waals surface area contributed by atoms with E-state index in [1.54, 1.807) is 0 Å². The lowest BCUT2D eigenvalue weighted by atomic mass is 10.1. The summed E-state index contributed by atoms with van der Waals surface area (Å²) in [7, 11) is 1.95. The molecule has 102 valence electrons. The van der Waals surface area contributed by atoms with Crippen molar-refractivity contribution in [2.24, 2.45) is 7.05 Å². The van der Waals surface area contributed by atoms with Gasteiger partial charge in [0, 0.05) is 43.3 Å². The summed E-state index contributed by atoms with van der Waals surface area (Å²) < 4.78 is 1.89. The minimum absolute atomic E-state index is 0.416. The van der Waals surface area contributed by atoms with Crippen molar-refractivity contribution in [3.63, 3.8) is 0 Å². The lowest BCUT2D eigenvalue weighted by Crippen LogP contribution is -2.12. The molecule has 2 aromatic rings. The Bertz CT molecular complexity index is 545. The van der Waals surface area contributed by atoms with Crippen molar-refractivity contribution in [1.82, 2.24) is 19.7 Å². The maximum atomic E-state index is 4.53. The second-order valence-electron chi connectivity index (χ2n) is 5.04. The van der Waals surface area contributed by atoms with E-state index in [0.29, 0.717) is 11.9 Å². The lowest BCUT2D eigenvalue weighted by molar-refractivity contribution is 0.710. The molecule has 0 atom stereocenters. The number of aromatic nitrogens is 4. The highest BCUT2D eigenvalue weighted by molar-refractivity contribution is 5.29. The van der Waals surface area contributed by atoms with Crippen LogP contribution in [0.4, 0.5) is 5.95 Å². The van der Waals surface area contributed by atoms with Crippen LogP contribution in [0.15, 0.2) is 18.3 Å². The van der Waals surface area contributed by atoms with Crippen molar-refractivity contribution in [3.05, 3.63) is 35.4 Å². The number of nitrogens with zero attached hydrogens (tertiary/aromatic N) is 4. The van der Waals surface area contributed by atoms with Gasteiger partial charge in [-0.05, 0) is 25.0 Å². The normalized spacial score (nSPS) is 11.0. The Morgan fingerprint density at radius 3 is 2.74 bits per heavy atom. The van der Waals surface area contributed by atoms with E-state index >= 15 is 0 Å². The molecule has 0 aliphatic heterocycles. The van der Waals surface area contributed by atoms with Crippen molar-refractivity contribution in [3.8, 4) is 0 Å². The first-order valence-electron chi connectivity index (χ1n) is 6.62. The average molecular weight is 259 g/mol. The van der Waals surface area contributed by atoms with Gasteiger partial charge in [0.25, 0.3) is 0 Å². The van der Waals surface area contributed by atoms with Crippen LogP contribution in [-0.2, 0) is 13.5 Å². The van der Waals surface area contributed by atoms with Crippen LogP contribution < -0.4 is 5.32 Å². The van der Waals surface area contributed by atoms with Crippen LogP contribution in [0.25, 0.3) is 0 Å². The zero-order valence-electron chi connectivity index (χ0n) is 12.0. The van der Waals surface area contributed by atoms with Gasteiger partial charge in [0.2, 0.25) is 5.95 Å². The molecule has 19 heavy (non-hydrogen) atoms. The fraction of sp³-hybridized carbons (Fsp3) is 0.500. The predicted molar refractivity (Wildman–Crippen MR) is 76.3 cm³/mol. The fourth-order valence-corrected chi connectivity index (χ4v) is 1.92. The highest BCUT2D eigenvalue weighted by Crippen LogP contribution is 2.14. The summed E-state index contributed by atoms with van der Waals surface area (Å²) in [4.78, 5) is 8.94. The molecular formula is C14H21N5. The van der Waals surface area contributed by atoms with Crippen LogP contribution in [0.2, 0.25) is 0 Å². The first-order chi connectivity index (χ1) is 9.06. The Balaban J connectivity index is 1.98.